The number of halogens is 1. The van der Waals surface area contributed by atoms with E-state index in [1.165, 1.54) is 11.3 Å². The topological polar surface area (TPSA) is 41.1 Å². The summed E-state index contributed by atoms with van der Waals surface area (Å²) in [4.78, 5) is 11.5. The SMILES string of the molecule is CNC(C)CNC(=O)c1csc(Br)c1. The molecule has 5 heteroatoms. The molecule has 0 aliphatic carbocycles. The molecule has 0 spiro atoms. The van der Waals surface area contributed by atoms with Crippen LogP contribution in [0.2, 0.25) is 0 Å². The average molecular weight is 277 g/mol. The molecule has 1 amide bonds. The van der Waals surface area contributed by atoms with Gasteiger partial charge in [-0.1, -0.05) is 0 Å². The van der Waals surface area contributed by atoms with E-state index < -0.39 is 0 Å². The number of carbonyl (C=O) groups excluding carboxylic acids is 1. The van der Waals surface area contributed by atoms with E-state index >= 15 is 0 Å². The fourth-order valence-corrected chi connectivity index (χ4v) is 2.02. The van der Waals surface area contributed by atoms with Crippen LogP contribution in [-0.2, 0) is 0 Å². The second kappa shape index (κ2) is 5.48. The van der Waals surface area contributed by atoms with Crippen LogP contribution in [0.25, 0.3) is 0 Å². The fourth-order valence-electron chi connectivity index (χ4n) is 0.879. The molecule has 0 bridgehead atoms. The molecule has 3 nitrogen and oxygen atoms in total. The molecule has 0 fully saturated rings. The van der Waals surface area contributed by atoms with Crippen molar-refractivity contribution >= 4 is 33.2 Å². The van der Waals surface area contributed by atoms with Crippen LogP contribution < -0.4 is 10.6 Å². The first kappa shape index (κ1) is 11.7. The van der Waals surface area contributed by atoms with E-state index in [-0.39, 0.29) is 5.91 Å². The predicted molar refractivity (Wildman–Crippen MR) is 62.9 cm³/mol. The molecule has 0 aliphatic heterocycles. The maximum Gasteiger partial charge on any atom is 0.252 e. The molecule has 1 unspecified atom stereocenters. The van der Waals surface area contributed by atoms with Crippen molar-refractivity contribution < 1.29 is 4.79 Å². The summed E-state index contributed by atoms with van der Waals surface area (Å²) in [6.07, 6.45) is 0. The Bertz CT molecular complexity index is 314. The summed E-state index contributed by atoms with van der Waals surface area (Å²) in [6.45, 7) is 2.66. The number of nitrogens with one attached hydrogen (secondary N) is 2. The summed E-state index contributed by atoms with van der Waals surface area (Å²) in [6, 6.07) is 2.12. The van der Waals surface area contributed by atoms with Crippen molar-refractivity contribution in [3.8, 4) is 0 Å². The number of hydrogen-bond donors (Lipinski definition) is 2. The molecule has 0 aliphatic rings. The van der Waals surface area contributed by atoms with Crippen molar-refractivity contribution in [3.05, 3.63) is 20.8 Å². The molecule has 1 atom stereocenters. The zero-order valence-corrected chi connectivity index (χ0v) is 10.5. The van der Waals surface area contributed by atoms with Crippen LogP contribution in [0.4, 0.5) is 0 Å². The summed E-state index contributed by atoms with van der Waals surface area (Å²) >= 11 is 4.83. The molecular formula is C9H13BrN2OS. The van der Waals surface area contributed by atoms with E-state index in [0.29, 0.717) is 18.2 Å². The number of amides is 1. The third-order valence-electron chi connectivity index (χ3n) is 1.89. The van der Waals surface area contributed by atoms with Crippen molar-refractivity contribution in [2.45, 2.75) is 13.0 Å². The molecule has 1 aromatic rings. The maximum absolute atomic E-state index is 11.5. The molecule has 78 valence electrons. The monoisotopic (exact) mass is 276 g/mol. The van der Waals surface area contributed by atoms with Gasteiger partial charge in [0.05, 0.1) is 9.35 Å². The molecular weight excluding hydrogens is 264 g/mol. The Morgan fingerprint density at radius 2 is 2.43 bits per heavy atom. The van der Waals surface area contributed by atoms with Crippen LogP contribution in [0.1, 0.15) is 17.3 Å². The van der Waals surface area contributed by atoms with E-state index in [2.05, 4.69) is 26.6 Å². The maximum atomic E-state index is 11.5. The van der Waals surface area contributed by atoms with Gasteiger partial charge in [0.15, 0.2) is 0 Å². The van der Waals surface area contributed by atoms with Gasteiger partial charge in [-0.15, -0.1) is 11.3 Å². The third kappa shape index (κ3) is 3.40. The largest absolute Gasteiger partial charge is 0.350 e. The van der Waals surface area contributed by atoms with E-state index in [9.17, 15) is 4.79 Å². The molecule has 0 aromatic carbocycles. The Labute approximate surface area is 96.0 Å². The molecule has 1 rings (SSSR count). The van der Waals surface area contributed by atoms with E-state index in [0.717, 1.165) is 3.79 Å². The van der Waals surface area contributed by atoms with Crippen molar-refractivity contribution in [2.24, 2.45) is 0 Å². The predicted octanol–water partition coefficient (Wildman–Crippen LogP) is 1.85. The minimum absolute atomic E-state index is 0.0194. The molecule has 2 N–H and O–H groups in total. The van der Waals surface area contributed by atoms with Gasteiger partial charge >= 0.3 is 0 Å². The highest BCUT2D eigenvalue weighted by molar-refractivity contribution is 9.11. The van der Waals surface area contributed by atoms with Gasteiger partial charge in [-0.25, -0.2) is 0 Å². The van der Waals surface area contributed by atoms with Crippen LogP contribution in [0.5, 0.6) is 0 Å². The number of hydrogen-bond acceptors (Lipinski definition) is 3. The highest BCUT2D eigenvalue weighted by Crippen LogP contribution is 2.20. The Hall–Kier alpha value is -0.390. The lowest BCUT2D eigenvalue weighted by molar-refractivity contribution is 0.0951. The highest BCUT2D eigenvalue weighted by atomic mass is 79.9. The van der Waals surface area contributed by atoms with E-state index in [1.807, 2.05) is 25.4 Å². The van der Waals surface area contributed by atoms with E-state index in [4.69, 9.17) is 0 Å². The Balaban J connectivity index is 2.43. The van der Waals surface area contributed by atoms with Crippen molar-refractivity contribution in [1.82, 2.24) is 10.6 Å². The number of carbonyl (C=O) groups is 1. The second-order valence-electron chi connectivity index (χ2n) is 3.04. The van der Waals surface area contributed by atoms with Gasteiger partial charge in [-0.2, -0.15) is 0 Å². The Morgan fingerprint density at radius 3 is 2.93 bits per heavy atom. The normalized spacial score (nSPS) is 12.5. The summed E-state index contributed by atoms with van der Waals surface area (Å²) in [5, 5.41) is 7.74. The van der Waals surface area contributed by atoms with Crippen LogP contribution in [-0.4, -0.2) is 25.5 Å². The molecule has 1 aromatic heterocycles. The summed E-state index contributed by atoms with van der Waals surface area (Å²) in [5.74, 6) is -0.0194. The minimum Gasteiger partial charge on any atom is -0.350 e. The first-order valence-electron chi connectivity index (χ1n) is 4.33. The van der Waals surface area contributed by atoms with Gasteiger partial charge in [-0.3, -0.25) is 4.79 Å². The van der Waals surface area contributed by atoms with Gasteiger partial charge in [0.2, 0.25) is 0 Å². The van der Waals surface area contributed by atoms with Gasteiger partial charge in [0.1, 0.15) is 0 Å². The summed E-state index contributed by atoms with van der Waals surface area (Å²) < 4.78 is 0.976. The molecule has 0 radical (unpaired) electrons. The fraction of sp³-hybridized carbons (Fsp3) is 0.444. The Morgan fingerprint density at radius 1 is 1.71 bits per heavy atom. The molecule has 1 heterocycles. The quantitative estimate of drug-likeness (QED) is 0.881. The first-order chi connectivity index (χ1) is 6.63. The number of likely N-dealkylation sites (N-methyl/N-ethyl adjacent to an activating group) is 1. The highest BCUT2D eigenvalue weighted by Gasteiger charge is 2.08. The lowest BCUT2D eigenvalue weighted by Crippen LogP contribution is -2.36. The number of thiophene rings is 1. The van der Waals surface area contributed by atoms with Gasteiger partial charge < -0.3 is 10.6 Å². The van der Waals surface area contributed by atoms with Crippen LogP contribution in [0.3, 0.4) is 0 Å². The zero-order valence-electron chi connectivity index (χ0n) is 8.13. The van der Waals surface area contributed by atoms with Crippen LogP contribution >= 0.6 is 27.3 Å². The second-order valence-corrected chi connectivity index (χ2v) is 5.33. The van der Waals surface area contributed by atoms with Gasteiger partial charge in [0.25, 0.3) is 5.91 Å². The summed E-state index contributed by atoms with van der Waals surface area (Å²) in [5.41, 5.74) is 0.713. The first-order valence-corrected chi connectivity index (χ1v) is 6.00. The van der Waals surface area contributed by atoms with Crippen LogP contribution in [0, 0.1) is 0 Å². The van der Waals surface area contributed by atoms with Crippen molar-refractivity contribution in [3.63, 3.8) is 0 Å². The lowest BCUT2D eigenvalue weighted by Gasteiger charge is -2.10. The molecule has 0 saturated carbocycles. The minimum atomic E-state index is -0.0194. The van der Waals surface area contributed by atoms with E-state index in [1.54, 1.807) is 0 Å². The van der Waals surface area contributed by atoms with Gasteiger partial charge in [0, 0.05) is 18.0 Å². The van der Waals surface area contributed by atoms with Crippen molar-refractivity contribution in [2.75, 3.05) is 13.6 Å². The molecule has 14 heavy (non-hydrogen) atoms. The average Bonchev–Trinajstić information content (AvgIpc) is 2.60. The standard InChI is InChI=1S/C9H13BrN2OS/c1-6(11-2)4-12-9(13)7-3-8(10)14-5-7/h3,5-6,11H,4H2,1-2H3,(H,12,13). The molecule has 0 saturated heterocycles. The van der Waals surface area contributed by atoms with Crippen molar-refractivity contribution in [1.29, 1.82) is 0 Å². The number of rotatable bonds is 4. The zero-order chi connectivity index (χ0) is 10.6. The Kier molecular flexibility index (Phi) is 4.57. The smallest absolute Gasteiger partial charge is 0.252 e. The third-order valence-corrected chi connectivity index (χ3v) is 3.40. The van der Waals surface area contributed by atoms with Gasteiger partial charge in [-0.05, 0) is 36.0 Å². The lowest BCUT2D eigenvalue weighted by atomic mass is 10.3. The summed E-state index contributed by atoms with van der Waals surface area (Å²) in [7, 11) is 1.87. The van der Waals surface area contributed by atoms with Crippen LogP contribution in [0.15, 0.2) is 15.2 Å².